The van der Waals surface area contributed by atoms with Crippen LogP contribution >= 0.6 is 12.2 Å². The molecule has 1 unspecified atom stereocenters. The summed E-state index contributed by atoms with van der Waals surface area (Å²) >= 11 is 4.53. The van der Waals surface area contributed by atoms with Gasteiger partial charge >= 0.3 is 0 Å². The molecule has 0 amide bonds. The Morgan fingerprint density at radius 1 is 1.64 bits per heavy atom. The third kappa shape index (κ3) is 2.70. The molecule has 1 saturated heterocycles. The van der Waals surface area contributed by atoms with Crippen LogP contribution in [-0.2, 0) is 4.74 Å². The minimum atomic E-state index is 0.188. The Balaban J connectivity index is 2.38. The highest BCUT2D eigenvalue weighted by molar-refractivity contribution is 7.78. The second-order valence-corrected chi connectivity index (χ2v) is 3.05. The molecule has 0 radical (unpaired) electrons. The lowest BCUT2D eigenvalue weighted by molar-refractivity contribution is 0.00469. The molecule has 0 saturated carbocycles. The lowest BCUT2D eigenvalue weighted by atomic mass is 10.0. The Morgan fingerprint density at radius 3 is 3.00 bits per heavy atom. The van der Waals surface area contributed by atoms with Crippen LogP contribution in [0.3, 0.4) is 0 Å². The van der Waals surface area contributed by atoms with Gasteiger partial charge < -0.3 is 4.74 Å². The second kappa shape index (κ2) is 4.60. The van der Waals surface area contributed by atoms with Crippen molar-refractivity contribution in [3.05, 3.63) is 0 Å². The van der Waals surface area contributed by atoms with E-state index in [-0.39, 0.29) is 12.1 Å². The van der Waals surface area contributed by atoms with Gasteiger partial charge in [-0.1, -0.05) is 0 Å². The monoisotopic (exact) mass is 171 g/mol. The molecule has 0 aromatic carbocycles. The summed E-state index contributed by atoms with van der Waals surface area (Å²) in [5, 5.41) is 2.39. The van der Waals surface area contributed by atoms with Gasteiger partial charge in [0.05, 0.1) is 17.3 Å². The summed E-state index contributed by atoms with van der Waals surface area (Å²) in [4.78, 5) is 3.99. The number of thiocarbonyl (C=S) groups is 1. The molecular weight excluding hydrogens is 158 g/mol. The van der Waals surface area contributed by atoms with Crippen LogP contribution in [0.1, 0.15) is 26.2 Å². The average molecular weight is 171 g/mol. The minimum absolute atomic E-state index is 0.188. The van der Waals surface area contributed by atoms with E-state index in [1.807, 2.05) is 6.92 Å². The van der Waals surface area contributed by atoms with Gasteiger partial charge in [0.1, 0.15) is 0 Å². The van der Waals surface area contributed by atoms with Gasteiger partial charge in [-0.25, -0.2) is 4.99 Å². The fourth-order valence-corrected chi connectivity index (χ4v) is 1.48. The van der Waals surface area contributed by atoms with Gasteiger partial charge in [-0.3, -0.25) is 0 Å². The highest BCUT2D eigenvalue weighted by atomic mass is 32.1. The van der Waals surface area contributed by atoms with E-state index in [1.165, 1.54) is 12.8 Å². The molecule has 1 aliphatic heterocycles. The molecule has 0 aromatic heterocycles. The number of rotatable bonds is 2. The molecule has 0 bridgehead atoms. The second-order valence-electron chi connectivity index (χ2n) is 2.87. The molecule has 0 spiro atoms. The number of hydrogen-bond acceptors (Lipinski definition) is 3. The van der Waals surface area contributed by atoms with Crippen LogP contribution in [0, 0.1) is 0 Å². The van der Waals surface area contributed by atoms with Crippen LogP contribution in [-0.4, -0.2) is 23.9 Å². The Kier molecular flexibility index (Phi) is 3.70. The van der Waals surface area contributed by atoms with Crippen molar-refractivity contribution >= 4 is 17.4 Å². The van der Waals surface area contributed by atoms with Gasteiger partial charge in [-0.15, -0.1) is 0 Å². The van der Waals surface area contributed by atoms with Crippen LogP contribution in [0.4, 0.5) is 0 Å². The average Bonchev–Trinajstić information content (AvgIpc) is 2.07. The number of ether oxygens (including phenoxy) is 1. The zero-order chi connectivity index (χ0) is 8.10. The standard InChI is InChI=1S/C8H13NOS/c1-7(9-6-11)8-4-2-3-5-10-8/h7-8H,2-5H2,1H3/t7-,8?/m1/s1. The molecule has 1 heterocycles. The quantitative estimate of drug-likeness (QED) is 0.468. The van der Waals surface area contributed by atoms with Gasteiger partial charge in [-0.05, 0) is 38.4 Å². The molecule has 1 fully saturated rings. The third-order valence-corrected chi connectivity index (χ3v) is 2.11. The number of hydrogen-bond donors (Lipinski definition) is 0. The third-order valence-electron chi connectivity index (χ3n) is 2.01. The summed E-state index contributed by atoms with van der Waals surface area (Å²) in [5.41, 5.74) is 0. The van der Waals surface area contributed by atoms with E-state index in [2.05, 4.69) is 22.4 Å². The van der Waals surface area contributed by atoms with Crippen LogP contribution < -0.4 is 0 Å². The lowest BCUT2D eigenvalue weighted by Gasteiger charge is -2.24. The minimum Gasteiger partial charge on any atom is -0.376 e. The molecule has 2 atom stereocenters. The smallest absolute Gasteiger partial charge is 0.0836 e. The van der Waals surface area contributed by atoms with Crippen molar-refractivity contribution < 1.29 is 4.74 Å². The highest BCUT2D eigenvalue weighted by Gasteiger charge is 2.19. The summed E-state index contributed by atoms with van der Waals surface area (Å²) in [6.07, 6.45) is 3.83. The summed E-state index contributed by atoms with van der Waals surface area (Å²) in [6, 6.07) is 0.188. The highest BCUT2D eigenvalue weighted by Crippen LogP contribution is 2.16. The molecular formula is C8H13NOS. The van der Waals surface area contributed by atoms with Crippen molar-refractivity contribution in [3.8, 4) is 0 Å². The lowest BCUT2D eigenvalue weighted by Crippen LogP contribution is -2.28. The maximum absolute atomic E-state index is 5.51. The molecule has 0 aromatic rings. The Labute approximate surface area is 72.7 Å². The van der Waals surface area contributed by atoms with Gasteiger partial charge in [0.2, 0.25) is 0 Å². The zero-order valence-corrected chi connectivity index (χ0v) is 7.56. The van der Waals surface area contributed by atoms with Crippen molar-refractivity contribution in [2.24, 2.45) is 4.99 Å². The molecule has 0 aliphatic carbocycles. The van der Waals surface area contributed by atoms with E-state index in [0.717, 1.165) is 13.0 Å². The van der Waals surface area contributed by atoms with Crippen LogP contribution in [0.15, 0.2) is 4.99 Å². The topological polar surface area (TPSA) is 21.6 Å². The normalized spacial score (nSPS) is 27.2. The molecule has 11 heavy (non-hydrogen) atoms. The Hall–Kier alpha value is -0.240. The van der Waals surface area contributed by atoms with Crippen molar-refractivity contribution in [2.75, 3.05) is 6.61 Å². The summed E-state index contributed by atoms with van der Waals surface area (Å²) in [6.45, 7) is 2.90. The van der Waals surface area contributed by atoms with E-state index in [1.54, 1.807) is 0 Å². The van der Waals surface area contributed by atoms with Crippen LogP contribution in [0.5, 0.6) is 0 Å². The van der Waals surface area contributed by atoms with Crippen molar-refractivity contribution in [1.82, 2.24) is 0 Å². The first-order valence-corrected chi connectivity index (χ1v) is 4.44. The van der Waals surface area contributed by atoms with Gasteiger partial charge in [0.15, 0.2) is 0 Å². The number of aliphatic imine (C=N–C) groups is 1. The maximum Gasteiger partial charge on any atom is 0.0836 e. The summed E-state index contributed by atoms with van der Waals surface area (Å²) in [7, 11) is 0. The van der Waals surface area contributed by atoms with E-state index >= 15 is 0 Å². The fourth-order valence-electron chi connectivity index (χ4n) is 1.31. The van der Waals surface area contributed by atoms with E-state index in [9.17, 15) is 0 Å². The molecule has 3 heteroatoms. The Morgan fingerprint density at radius 2 is 2.45 bits per heavy atom. The Bertz CT molecular complexity index is 159. The maximum atomic E-state index is 5.51. The van der Waals surface area contributed by atoms with Gasteiger partial charge in [0.25, 0.3) is 0 Å². The van der Waals surface area contributed by atoms with E-state index in [0.29, 0.717) is 0 Å². The fraction of sp³-hybridized carbons (Fsp3) is 0.875. The largest absolute Gasteiger partial charge is 0.376 e. The number of isothiocyanates is 1. The van der Waals surface area contributed by atoms with E-state index in [4.69, 9.17) is 4.74 Å². The van der Waals surface area contributed by atoms with Gasteiger partial charge in [-0.2, -0.15) is 0 Å². The molecule has 2 nitrogen and oxygen atoms in total. The molecule has 1 aliphatic rings. The van der Waals surface area contributed by atoms with Crippen LogP contribution in [0.2, 0.25) is 0 Å². The van der Waals surface area contributed by atoms with Crippen molar-refractivity contribution in [2.45, 2.75) is 38.3 Å². The van der Waals surface area contributed by atoms with Crippen molar-refractivity contribution in [1.29, 1.82) is 0 Å². The molecule has 1 rings (SSSR count). The molecule has 62 valence electrons. The van der Waals surface area contributed by atoms with E-state index < -0.39 is 0 Å². The molecule has 0 N–H and O–H groups in total. The first-order valence-electron chi connectivity index (χ1n) is 4.03. The van der Waals surface area contributed by atoms with Gasteiger partial charge in [0, 0.05) is 6.61 Å². The SMILES string of the molecule is C[C@@H](N=C=S)C1CCCCO1. The first-order chi connectivity index (χ1) is 5.34. The zero-order valence-electron chi connectivity index (χ0n) is 6.75. The van der Waals surface area contributed by atoms with Crippen molar-refractivity contribution in [3.63, 3.8) is 0 Å². The summed E-state index contributed by atoms with van der Waals surface area (Å²) in [5.74, 6) is 0. The summed E-state index contributed by atoms with van der Waals surface area (Å²) < 4.78 is 5.51. The first kappa shape index (κ1) is 8.85. The predicted octanol–water partition coefficient (Wildman–Crippen LogP) is 2.05. The van der Waals surface area contributed by atoms with Crippen LogP contribution in [0.25, 0.3) is 0 Å². The number of nitrogens with zero attached hydrogens (tertiary/aromatic N) is 1. The predicted molar refractivity (Wildman–Crippen MR) is 48.1 cm³/mol.